The Bertz CT molecular complexity index is 963. The summed E-state index contributed by atoms with van der Waals surface area (Å²) >= 11 is 0. The van der Waals surface area contributed by atoms with Crippen molar-refractivity contribution in [1.82, 2.24) is 14.4 Å². The number of benzene rings is 1. The Balaban J connectivity index is 1.56. The minimum absolute atomic E-state index is 0.220. The summed E-state index contributed by atoms with van der Waals surface area (Å²) in [6, 6.07) is 2.35. The third-order valence-electron chi connectivity index (χ3n) is 5.74. The summed E-state index contributed by atoms with van der Waals surface area (Å²) in [5.41, 5.74) is -0.365. The number of ether oxygens (including phenoxy) is 1. The molecule has 0 radical (unpaired) electrons. The Morgan fingerprint density at radius 3 is 2.45 bits per heavy atom. The van der Waals surface area contributed by atoms with E-state index in [0.717, 1.165) is 31.4 Å². The molecule has 1 saturated heterocycles. The summed E-state index contributed by atoms with van der Waals surface area (Å²) in [5.74, 6) is -0.268. The topological polar surface area (TPSA) is 85.5 Å². The van der Waals surface area contributed by atoms with Gasteiger partial charge in [0, 0.05) is 31.7 Å². The van der Waals surface area contributed by atoms with Gasteiger partial charge >= 0.3 is 0 Å². The van der Waals surface area contributed by atoms with Crippen molar-refractivity contribution < 1.29 is 26.5 Å². The molecule has 1 aromatic heterocycles. The molecule has 4 rings (SSSR count). The number of piperidine rings is 1. The van der Waals surface area contributed by atoms with E-state index in [1.165, 1.54) is 4.31 Å². The van der Waals surface area contributed by atoms with Gasteiger partial charge in [0.2, 0.25) is 10.0 Å². The first-order valence-corrected chi connectivity index (χ1v) is 11.0. The molecular formula is C19H23F2N3O4S. The molecule has 1 aromatic carbocycles. The number of sulfonamides is 1. The Kier molecular flexibility index (Phi) is 5.43. The third-order valence-corrected chi connectivity index (χ3v) is 7.62. The van der Waals surface area contributed by atoms with Gasteiger partial charge in [0.1, 0.15) is 18.2 Å². The predicted octanol–water partition coefficient (Wildman–Crippen LogP) is 3.02. The highest BCUT2D eigenvalue weighted by atomic mass is 32.2. The zero-order valence-corrected chi connectivity index (χ0v) is 16.9. The molecule has 2 aliphatic rings. The predicted molar refractivity (Wildman–Crippen MR) is 98.4 cm³/mol. The Labute approximate surface area is 168 Å². The molecule has 1 aliphatic carbocycles. The lowest BCUT2D eigenvalue weighted by atomic mass is 9.74. The van der Waals surface area contributed by atoms with Crippen LogP contribution in [0.25, 0.3) is 0 Å². The molecule has 0 unspecified atom stereocenters. The van der Waals surface area contributed by atoms with E-state index in [9.17, 15) is 17.2 Å². The van der Waals surface area contributed by atoms with Gasteiger partial charge in [-0.05, 0) is 37.3 Å². The van der Waals surface area contributed by atoms with Crippen molar-refractivity contribution in [2.75, 3.05) is 20.2 Å². The maximum Gasteiger partial charge on any atom is 0.252 e. The van der Waals surface area contributed by atoms with Gasteiger partial charge in [0.15, 0.2) is 5.82 Å². The molecule has 10 heteroatoms. The maximum absolute atomic E-state index is 13.5. The molecule has 0 N–H and O–H groups in total. The number of hydrogen-bond acceptors (Lipinski definition) is 6. The van der Waals surface area contributed by atoms with Gasteiger partial charge in [-0.1, -0.05) is 18.0 Å². The van der Waals surface area contributed by atoms with Crippen molar-refractivity contribution in [3.63, 3.8) is 0 Å². The van der Waals surface area contributed by atoms with E-state index in [4.69, 9.17) is 9.26 Å². The molecule has 7 nitrogen and oxygen atoms in total. The fourth-order valence-electron chi connectivity index (χ4n) is 4.03. The molecule has 2 heterocycles. The summed E-state index contributed by atoms with van der Waals surface area (Å²) in [7, 11) is -2.44. The first-order chi connectivity index (χ1) is 13.8. The quantitative estimate of drug-likeness (QED) is 0.675. The Morgan fingerprint density at radius 1 is 1.21 bits per heavy atom. The number of rotatable bonds is 7. The normalized spacial score (nSPS) is 20.1. The number of halogens is 2. The van der Waals surface area contributed by atoms with Gasteiger partial charge < -0.3 is 9.26 Å². The highest BCUT2D eigenvalue weighted by Crippen LogP contribution is 2.47. The SMILES string of the molecule is COCc1nc(C2(CC3CC3)CCN(S(=O)(=O)c3cc(F)cc(F)c3)CC2)no1. The fourth-order valence-corrected chi connectivity index (χ4v) is 5.51. The van der Waals surface area contributed by atoms with Crippen molar-refractivity contribution in [3.8, 4) is 0 Å². The van der Waals surface area contributed by atoms with Crippen LogP contribution in [0.3, 0.4) is 0 Å². The van der Waals surface area contributed by atoms with Crippen LogP contribution >= 0.6 is 0 Å². The van der Waals surface area contributed by atoms with Crippen molar-refractivity contribution in [2.24, 2.45) is 5.92 Å². The molecule has 29 heavy (non-hydrogen) atoms. The third kappa shape index (κ3) is 4.19. The van der Waals surface area contributed by atoms with Gasteiger partial charge in [-0.3, -0.25) is 0 Å². The molecule has 0 amide bonds. The second-order valence-corrected chi connectivity index (χ2v) is 9.82. The van der Waals surface area contributed by atoms with Crippen LogP contribution < -0.4 is 0 Å². The van der Waals surface area contributed by atoms with Crippen LogP contribution in [0.2, 0.25) is 0 Å². The molecule has 0 spiro atoms. The van der Waals surface area contributed by atoms with Crippen molar-refractivity contribution in [2.45, 2.75) is 49.0 Å². The van der Waals surface area contributed by atoms with Gasteiger partial charge in [0.25, 0.3) is 5.89 Å². The van der Waals surface area contributed by atoms with E-state index >= 15 is 0 Å². The minimum Gasteiger partial charge on any atom is -0.375 e. The monoisotopic (exact) mass is 427 g/mol. The van der Waals surface area contributed by atoms with Crippen LogP contribution in [0, 0.1) is 17.6 Å². The van der Waals surface area contributed by atoms with Crippen molar-refractivity contribution >= 4 is 10.0 Å². The molecule has 158 valence electrons. The average Bonchev–Trinajstić information content (AvgIpc) is 3.35. The smallest absolute Gasteiger partial charge is 0.252 e. The Morgan fingerprint density at radius 2 is 1.86 bits per heavy atom. The van der Waals surface area contributed by atoms with Gasteiger partial charge in [-0.25, -0.2) is 17.2 Å². The van der Waals surface area contributed by atoms with Gasteiger partial charge in [-0.2, -0.15) is 9.29 Å². The number of methoxy groups -OCH3 is 1. The van der Waals surface area contributed by atoms with Crippen LogP contribution in [0.15, 0.2) is 27.6 Å². The summed E-state index contributed by atoms with van der Waals surface area (Å²) < 4.78 is 64.4. The fraction of sp³-hybridized carbons (Fsp3) is 0.579. The van der Waals surface area contributed by atoms with Crippen LogP contribution in [0.5, 0.6) is 0 Å². The van der Waals surface area contributed by atoms with Crippen molar-refractivity contribution in [3.05, 3.63) is 41.5 Å². The minimum atomic E-state index is -3.99. The molecule has 0 atom stereocenters. The number of aromatic nitrogens is 2. The standard InChI is InChI=1S/C19H23F2N3O4S/c1-27-12-17-22-18(23-28-17)19(11-13-2-3-13)4-6-24(7-5-19)29(25,26)16-9-14(20)8-15(21)10-16/h8-10,13H,2-7,11-12H2,1H3. The molecule has 1 saturated carbocycles. The number of hydrogen-bond donors (Lipinski definition) is 0. The lowest BCUT2D eigenvalue weighted by Crippen LogP contribution is -2.46. The molecular weight excluding hydrogens is 404 g/mol. The molecule has 2 fully saturated rings. The summed E-state index contributed by atoms with van der Waals surface area (Å²) in [5, 5.41) is 4.15. The highest BCUT2D eigenvalue weighted by Gasteiger charge is 2.46. The van der Waals surface area contributed by atoms with E-state index in [1.807, 2.05) is 0 Å². The molecule has 0 bridgehead atoms. The Hall–Kier alpha value is -1.91. The average molecular weight is 427 g/mol. The van der Waals surface area contributed by atoms with E-state index < -0.39 is 21.7 Å². The summed E-state index contributed by atoms with van der Waals surface area (Å²) in [6.45, 7) is 0.667. The van der Waals surface area contributed by atoms with Crippen LogP contribution in [-0.2, 0) is 26.8 Å². The number of nitrogens with zero attached hydrogens (tertiary/aromatic N) is 3. The highest BCUT2D eigenvalue weighted by molar-refractivity contribution is 7.89. The molecule has 1 aliphatic heterocycles. The lowest BCUT2D eigenvalue weighted by Gasteiger charge is -2.39. The molecule has 2 aromatic rings. The summed E-state index contributed by atoms with van der Waals surface area (Å²) in [4.78, 5) is 4.11. The lowest BCUT2D eigenvalue weighted by molar-refractivity contribution is 0.151. The van der Waals surface area contributed by atoms with E-state index in [-0.39, 0.29) is 30.0 Å². The van der Waals surface area contributed by atoms with Crippen molar-refractivity contribution in [1.29, 1.82) is 0 Å². The van der Waals surface area contributed by atoms with E-state index in [2.05, 4.69) is 10.1 Å². The van der Waals surface area contributed by atoms with E-state index in [0.29, 0.717) is 36.5 Å². The first-order valence-electron chi connectivity index (χ1n) is 9.61. The summed E-state index contributed by atoms with van der Waals surface area (Å²) in [6.07, 6.45) is 4.21. The van der Waals surface area contributed by atoms with Gasteiger partial charge in [0.05, 0.1) is 4.90 Å². The second-order valence-electron chi connectivity index (χ2n) is 7.88. The van der Waals surface area contributed by atoms with Crippen LogP contribution in [0.1, 0.15) is 43.8 Å². The van der Waals surface area contributed by atoms with E-state index in [1.54, 1.807) is 7.11 Å². The van der Waals surface area contributed by atoms with Gasteiger partial charge in [-0.15, -0.1) is 0 Å². The second kappa shape index (κ2) is 7.73. The zero-order chi connectivity index (χ0) is 20.6. The first kappa shape index (κ1) is 20.4. The van der Waals surface area contributed by atoms with Crippen LogP contribution in [0.4, 0.5) is 8.78 Å². The maximum atomic E-state index is 13.5. The van der Waals surface area contributed by atoms with Crippen LogP contribution in [-0.4, -0.2) is 43.1 Å². The zero-order valence-electron chi connectivity index (χ0n) is 16.1. The largest absolute Gasteiger partial charge is 0.375 e.